The Kier molecular flexibility index (Phi) is 4.20. The van der Waals surface area contributed by atoms with Gasteiger partial charge in [-0.25, -0.2) is 4.39 Å². The maximum Gasteiger partial charge on any atom is 0.279 e. The van der Waals surface area contributed by atoms with Gasteiger partial charge in [-0.2, -0.15) is 0 Å². The summed E-state index contributed by atoms with van der Waals surface area (Å²) < 4.78 is 13.0. The molecule has 114 valence electrons. The zero-order valence-electron chi connectivity index (χ0n) is 11.8. The first-order chi connectivity index (χ1) is 10.6. The first kappa shape index (κ1) is 14.7. The summed E-state index contributed by atoms with van der Waals surface area (Å²) >= 11 is 1.47. The molecule has 0 fully saturated rings. The van der Waals surface area contributed by atoms with Crippen molar-refractivity contribution in [2.75, 3.05) is 0 Å². The van der Waals surface area contributed by atoms with Gasteiger partial charge in [0.05, 0.1) is 11.3 Å². The second kappa shape index (κ2) is 6.27. The van der Waals surface area contributed by atoms with Crippen LogP contribution in [-0.2, 0) is 24.1 Å². The van der Waals surface area contributed by atoms with Crippen LogP contribution in [0, 0.1) is 5.82 Å². The van der Waals surface area contributed by atoms with Crippen molar-refractivity contribution in [3.63, 3.8) is 0 Å². The van der Waals surface area contributed by atoms with Crippen LogP contribution in [0.5, 0.6) is 0 Å². The van der Waals surface area contributed by atoms with Gasteiger partial charge in [0.25, 0.3) is 5.91 Å². The Balaban J connectivity index is 1.53. The average molecular weight is 318 g/mol. The lowest BCUT2D eigenvalue weighted by Gasteiger charge is -2.06. The molecule has 1 aromatic heterocycles. The molecule has 0 saturated heterocycles. The fourth-order valence-electron chi connectivity index (χ4n) is 2.51. The van der Waals surface area contributed by atoms with E-state index in [1.807, 2.05) is 6.07 Å². The molecule has 1 heterocycles. The minimum atomic E-state index is -0.387. The molecular weight excluding hydrogens is 303 g/mol. The highest BCUT2D eigenvalue weighted by molar-refractivity contribution is 7.14. The van der Waals surface area contributed by atoms with Crippen molar-refractivity contribution in [2.45, 2.75) is 25.7 Å². The van der Waals surface area contributed by atoms with E-state index < -0.39 is 0 Å². The van der Waals surface area contributed by atoms with Crippen LogP contribution < -0.4 is 10.9 Å². The van der Waals surface area contributed by atoms with Crippen LogP contribution in [-0.4, -0.2) is 11.8 Å². The maximum atomic E-state index is 13.0. The Morgan fingerprint density at radius 2 is 2.05 bits per heavy atom. The molecule has 1 aliphatic carbocycles. The molecular formula is C16H15FN2O2S. The van der Waals surface area contributed by atoms with Crippen LogP contribution >= 0.6 is 11.3 Å². The van der Waals surface area contributed by atoms with Crippen LogP contribution in [0.1, 0.15) is 32.1 Å². The molecule has 1 aliphatic rings. The van der Waals surface area contributed by atoms with Crippen LogP contribution in [0.2, 0.25) is 0 Å². The second-order valence-electron chi connectivity index (χ2n) is 5.22. The minimum absolute atomic E-state index is 0.0129. The van der Waals surface area contributed by atoms with E-state index in [9.17, 15) is 14.0 Å². The number of amides is 2. The van der Waals surface area contributed by atoms with Gasteiger partial charge in [-0.1, -0.05) is 12.1 Å². The number of hydrazine groups is 1. The molecule has 0 unspecified atom stereocenters. The predicted octanol–water partition coefficient (Wildman–Crippen LogP) is 2.38. The predicted molar refractivity (Wildman–Crippen MR) is 82.1 cm³/mol. The van der Waals surface area contributed by atoms with Crippen molar-refractivity contribution in [1.82, 2.24) is 10.9 Å². The highest BCUT2D eigenvalue weighted by Gasteiger charge is 2.18. The van der Waals surface area contributed by atoms with Gasteiger partial charge in [0.1, 0.15) is 5.82 Å². The fourth-order valence-corrected chi connectivity index (χ4v) is 3.65. The summed E-state index contributed by atoms with van der Waals surface area (Å²) in [5.74, 6) is -1.09. The van der Waals surface area contributed by atoms with Crippen molar-refractivity contribution in [3.8, 4) is 0 Å². The van der Waals surface area contributed by atoms with E-state index in [4.69, 9.17) is 0 Å². The lowest BCUT2D eigenvalue weighted by molar-refractivity contribution is -0.121. The quantitative estimate of drug-likeness (QED) is 0.854. The molecule has 2 amide bonds. The zero-order valence-corrected chi connectivity index (χ0v) is 12.6. The van der Waals surface area contributed by atoms with E-state index in [0.29, 0.717) is 10.4 Å². The molecule has 0 bridgehead atoms. The number of carbonyl (C=O) groups is 2. The minimum Gasteiger partial charge on any atom is -0.273 e. The summed E-state index contributed by atoms with van der Waals surface area (Å²) in [6.07, 6.45) is 3.21. The molecule has 2 N–H and O–H groups in total. The third kappa shape index (κ3) is 3.33. The van der Waals surface area contributed by atoms with Crippen molar-refractivity contribution in [2.24, 2.45) is 0 Å². The van der Waals surface area contributed by atoms with Crippen LogP contribution in [0.15, 0.2) is 30.3 Å². The number of nitrogens with one attached hydrogen (secondary N) is 2. The van der Waals surface area contributed by atoms with E-state index in [1.54, 1.807) is 12.1 Å². The third-order valence-electron chi connectivity index (χ3n) is 3.54. The maximum absolute atomic E-state index is 13.0. The van der Waals surface area contributed by atoms with E-state index in [0.717, 1.165) is 19.3 Å². The van der Waals surface area contributed by atoms with Crippen LogP contribution in [0.4, 0.5) is 4.39 Å². The van der Waals surface area contributed by atoms with Gasteiger partial charge in [-0.05, 0) is 48.6 Å². The van der Waals surface area contributed by atoms with Crippen molar-refractivity contribution in [1.29, 1.82) is 0 Å². The summed E-state index contributed by atoms with van der Waals surface area (Å²) in [5, 5.41) is 0. The number of thiophene rings is 1. The van der Waals surface area contributed by atoms with Gasteiger partial charge in [0.2, 0.25) is 5.91 Å². The number of aryl methyl sites for hydroxylation is 2. The molecule has 0 aliphatic heterocycles. The number of hydrogen-bond acceptors (Lipinski definition) is 3. The molecule has 6 heteroatoms. The molecule has 3 rings (SSSR count). The summed E-state index contributed by atoms with van der Waals surface area (Å²) in [4.78, 5) is 25.6. The summed E-state index contributed by atoms with van der Waals surface area (Å²) in [6, 6.07) is 7.71. The Morgan fingerprint density at radius 3 is 2.82 bits per heavy atom. The molecule has 0 spiro atoms. The molecule has 2 aromatic rings. The van der Waals surface area contributed by atoms with Crippen molar-refractivity contribution < 1.29 is 14.0 Å². The van der Waals surface area contributed by atoms with E-state index in [-0.39, 0.29) is 24.1 Å². The second-order valence-corrected chi connectivity index (χ2v) is 6.36. The number of carbonyl (C=O) groups excluding carboxylic acids is 2. The summed E-state index contributed by atoms with van der Waals surface area (Å²) in [5.41, 5.74) is 6.55. The molecule has 22 heavy (non-hydrogen) atoms. The van der Waals surface area contributed by atoms with Crippen molar-refractivity contribution in [3.05, 3.63) is 57.0 Å². The topological polar surface area (TPSA) is 58.2 Å². The lowest BCUT2D eigenvalue weighted by Crippen LogP contribution is -2.42. The first-order valence-electron chi connectivity index (χ1n) is 7.07. The molecule has 0 radical (unpaired) electrons. The number of fused-ring (bicyclic) bond motifs is 1. The van der Waals surface area contributed by atoms with Gasteiger partial charge in [-0.3, -0.25) is 20.4 Å². The molecule has 0 atom stereocenters. The smallest absolute Gasteiger partial charge is 0.273 e. The average Bonchev–Trinajstić information content (AvgIpc) is 3.06. The molecule has 1 aromatic carbocycles. The van der Waals surface area contributed by atoms with Crippen LogP contribution in [0.3, 0.4) is 0 Å². The van der Waals surface area contributed by atoms with E-state index in [2.05, 4.69) is 10.9 Å². The van der Waals surface area contributed by atoms with E-state index in [1.165, 1.54) is 33.9 Å². The van der Waals surface area contributed by atoms with Crippen molar-refractivity contribution >= 4 is 23.2 Å². The highest BCUT2D eigenvalue weighted by Crippen LogP contribution is 2.30. The van der Waals surface area contributed by atoms with Gasteiger partial charge < -0.3 is 0 Å². The van der Waals surface area contributed by atoms with Gasteiger partial charge >= 0.3 is 0 Å². The summed E-state index contributed by atoms with van der Waals surface area (Å²) in [6.45, 7) is 0. The first-order valence-corrected chi connectivity index (χ1v) is 7.88. The van der Waals surface area contributed by atoms with Gasteiger partial charge in [0.15, 0.2) is 0 Å². The molecule has 0 saturated carbocycles. The third-order valence-corrected chi connectivity index (χ3v) is 4.78. The Labute approximate surface area is 131 Å². The fraction of sp³-hybridized carbons (Fsp3) is 0.250. The molecule has 4 nitrogen and oxygen atoms in total. The largest absolute Gasteiger partial charge is 0.279 e. The van der Waals surface area contributed by atoms with E-state index >= 15 is 0 Å². The zero-order chi connectivity index (χ0) is 15.5. The SMILES string of the molecule is O=C(Cc1cccc(F)c1)NNC(=O)c1cc2c(s1)CCC2. The number of hydrogen-bond donors (Lipinski definition) is 2. The van der Waals surface area contributed by atoms with Gasteiger partial charge in [-0.15, -0.1) is 11.3 Å². The van der Waals surface area contributed by atoms with Crippen LogP contribution in [0.25, 0.3) is 0 Å². The number of rotatable bonds is 3. The standard InChI is InChI=1S/C16H15FN2O2S/c17-12-5-1-3-10(7-12)8-15(20)18-19-16(21)14-9-11-4-2-6-13(11)22-14/h1,3,5,7,9H,2,4,6,8H2,(H,18,20)(H,19,21). The Morgan fingerprint density at radius 1 is 1.18 bits per heavy atom. The monoisotopic (exact) mass is 318 g/mol. The summed E-state index contributed by atoms with van der Waals surface area (Å²) in [7, 11) is 0. The number of halogens is 1. The highest BCUT2D eigenvalue weighted by atomic mass is 32.1. The Bertz CT molecular complexity index is 705. The number of benzene rings is 1. The van der Waals surface area contributed by atoms with Gasteiger partial charge in [0, 0.05) is 4.88 Å². The Hall–Kier alpha value is -2.21. The normalized spacial score (nSPS) is 12.8. The lowest BCUT2D eigenvalue weighted by atomic mass is 10.1.